The molecule has 0 aliphatic heterocycles. The van der Waals surface area contributed by atoms with Gasteiger partial charge in [0, 0.05) is 5.57 Å². The predicted molar refractivity (Wildman–Crippen MR) is 70.6 cm³/mol. The van der Waals surface area contributed by atoms with Gasteiger partial charge in [-0.3, -0.25) is 0 Å². The minimum atomic E-state index is -5.86. The number of halogens is 6. The van der Waals surface area contributed by atoms with Gasteiger partial charge < -0.3 is 10.2 Å². The van der Waals surface area contributed by atoms with Crippen molar-refractivity contribution in [3.63, 3.8) is 0 Å². The normalized spacial score (nSPS) is 31.6. The molecule has 3 unspecified atom stereocenters. The van der Waals surface area contributed by atoms with Crippen LogP contribution in [-0.4, -0.2) is 34.1 Å². The van der Waals surface area contributed by atoms with E-state index in [2.05, 4.69) is 0 Å². The molecule has 3 nitrogen and oxygen atoms in total. The van der Waals surface area contributed by atoms with Gasteiger partial charge in [0.05, 0.1) is 0 Å². The molecule has 0 saturated heterocycles. The van der Waals surface area contributed by atoms with E-state index in [0.29, 0.717) is 12.8 Å². The van der Waals surface area contributed by atoms with Crippen molar-refractivity contribution in [2.75, 3.05) is 0 Å². The van der Waals surface area contributed by atoms with E-state index in [9.17, 15) is 36.2 Å². The number of allylic oxidation sites excluding steroid dienone is 1. The molecule has 2 saturated carbocycles. The minimum Gasteiger partial charge on any atom is -0.478 e. The molecule has 2 N–H and O–H groups in total. The zero-order valence-corrected chi connectivity index (χ0v) is 12.7. The molecule has 24 heavy (non-hydrogen) atoms. The lowest BCUT2D eigenvalue weighted by atomic mass is 9.69. The monoisotopic (exact) mass is 359 g/mol. The maximum atomic E-state index is 12.9. The molecule has 0 aromatic carbocycles. The molecule has 9 heteroatoms. The molecule has 2 bridgehead atoms. The SMILES string of the molecule is CC(=CC12[CH]CC(CC1CC(O)(C(F)(F)F)C(F)(F)F)C2)C(=O)O. The van der Waals surface area contributed by atoms with E-state index in [1.165, 1.54) is 13.0 Å². The third-order valence-electron chi connectivity index (χ3n) is 5.15. The van der Waals surface area contributed by atoms with Gasteiger partial charge in [-0.15, -0.1) is 0 Å². The summed E-state index contributed by atoms with van der Waals surface area (Å²) in [5, 5.41) is 18.4. The minimum absolute atomic E-state index is 0.0916. The summed E-state index contributed by atoms with van der Waals surface area (Å²) in [6.07, 6.45) is -9.53. The second-order valence-corrected chi connectivity index (χ2v) is 6.75. The lowest BCUT2D eigenvalue weighted by molar-refractivity contribution is -0.373. The van der Waals surface area contributed by atoms with Crippen molar-refractivity contribution in [2.24, 2.45) is 17.3 Å². The summed E-state index contributed by atoms with van der Waals surface area (Å²) >= 11 is 0. The van der Waals surface area contributed by atoms with Crippen LogP contribution in [0.3, 0.4) is 0 Å². The summed E-state index contributed by atoms with van der Waals surface area (Å²) in [5.74, 6) is -2.51. The number of aliphatic carboxylic acids is 1. The van der Waals surface area contributed by atoms with E-state index in [0.717, 1.165) is 0 Å². The fourth-order valence-electron chi connectivity index (χ4n) is 3.91. The Morgan fingerprint density at radius 3 is 2.21 bits per heavy atom. The maximum Gasteiger partial charge on any atom is 0.426 e. The average molecular weight is 359 g/mol. The van der Waals surface area contributed by atoms with Crippen LogP contribution < -0.4 is 0 Å². The molecule has 0 amide bonds. The Morgan fingerprint density at radius 1 is 1.25 bits per heavy atom. The van der Waals surface area contributed by atoms with Gasteiger partial charge in [-0.25, -0.2) is 4.79 Å². The summed E-state index contributed by atoms with van der Waals surface area (Å²) in [6.45, 7) is 1.24. The summed E-state index contributed by atoms with van der Waals surface area (Å²) in [7, 11) is 0. The number of aliphatic hydroxyl groups is 1. The fraction of sp³-hybridized carbons (Fsp3) is 0.733. The van der Waals surface area contributed by atoms with Crippen LogP contribution in [-0.2, 0) is 4.79 Å². The zero-order valence-electron chi connectivity index (χ0n) is 12.7. The Balaban J connectivity index is 2.37. The highest BCUT2D eigenvalue weighted by Gasteiger charge is 2.72. The summed E-state index contributed by atoms with van der Waals surface area (Å²) in [4.78, 5) is 11.0. The van der Waals surface area contributed by atoms with E-state index >= 15 is 0 Å². The number of rotatable bonds is 4. The van der Waals surface area contributed by atoms with Crippen LogP contribution >= 0.6 is 0 Å². The summed E-state index contributed by atoms with van der Waals surface area (Å²) in [5.41, 5.74) is -6.10. The Bertz CT molecular complexity index is 536. The van der Waals surface area contributed by atoms with Crippen molar-refractivity contribution < 1.29 is 41.4 Å². The smallest absolute Gasteiger partial charge is 0.426 e. The highest BCUT2D eigenvalue weighted by molar-refractivity contribution is 5.86. The number of hydrogen-bond donors (Lipinski definition) is 2. The standard InChI is InChI=1S/C15H17F6O3/c1-8(11(22)23)5-12-3-2-9(6-12)4-10(12)7-13(24,14(16,17)18)15(19,20)21/h3,5,9-10,24H,2,4,6-7H2,1H3,(H,22,23). The molecular weight excluding hydrogens is 342 g/mol. The van der Waals surface area contributed by atoms with E-state index in [1.807, 2.05) is 0 Å². The first-order valence-electron chi connectivity index (χ1n) is 7.35. The van der Waals surface area contributed by atoms with Gasteiger partial charge in [0.25, 0.3) is 5.60 Å². The Morgan fingerprint density at radius 2 is 1.79 bits per heavy atom. The van der Waals surface area contributed by atoms with Gasteiger partial charge in [-0.2, -0.15) is 26.3 Å². The van der Waals surface area contributed by atoms with Crippen LogP contribution in [0, 0.1) is 23.7 Å². The number of alkyl halides is 6. The first-order valence-corrected chi connectivity index (χ1v) is 7.35. The van der Waals surface area contributed by atoms with Crippen LogP contribution in [0.25, 0.3) is 0 Å². The first-order chi connectivity index (χ1) is 10.7. The molecule has 1 radical (unpaired) electrons. The van der Waals surface area contributed by atoms with Crippen LogP contribution in [0.2, 0.25) is 0 Å². The number of fused-ring (bicyclic) bond motifs is 2. The van der Waals surface area contributed by atoms with Crippen molar-refractivity contribution in [3.8, 4) is 0 Å². The molecule has 2 aliphatic carbocycles. The lowest BCUT2D eigenvalue weighted by Crippen LogP contribution is -2.58. The van der Waals surface area contributed by atoms with E-state index in [-0.39, 0.29) is 17.9 Å². The molecule has 0 heterocycles. The molecule has 2 aliphatic rings. The topological polar surface area (TPSA) is 57.5 Å². The van der Waals surface area contributed by atoms with Crippen molar-refractivity contribution in [1.82, 2.24) is 0 Å². The summed E-state index contributed by atoms with van der Waals surface area (Å²) in [6, 6.07) is 0. The molecule has 3 atom stereocenters. The molecule has 2 rings (SSSR count). The summed E-state index contributed by atoms with van der Waals surface area (Å²) < 4.78 is 77.5. The van der Waals surface area contributed by atoms with Gasteiger partial charge in [0.1, 0.15) is 0 Å². The molecule has 2 fully saturated rings. The van der Waals surface area contributed by atoms with E-state index < -0.39 is 41.7 Å². The largest absolute Gasteiger partial charge is 0.478 e. The fourth-order valence-corrected chi connectivity index (χ4v) is 3.91. The maximum absolute atomic E-state index is 12.9. The molecular formula is C15H17F6O3. The van der Waals surface area contributed by atoms with Gasteiger partial charge in [0.2, 0.25) is 0 Å². The van der Waals surface area contributed by atoms with Gasteiger partial charge >= 0.3 is 18.3 Å². The quantitative estimate of drug-likeness (QED) is 0.592. The average Bonchev–Trinajstić information content (AvgIpc) is 2.93. The van der Waals surface area contributed by atoms with Gasteiger partial charge in [-0.05, 0) is 56.3 Å². The Labute approximate surface area is 134 Å². The van der Waals surface area contributed by atoms with Crippen LogP contribution in [0.4, 0.5) is 26.3 Å². The van der Waals surface area contributed by atoms with Crippen LogP contribution in [0.1, 0.15) is 32.6 Å². The third-order valence-corrected chi connectivity index (χ3v) is 5.15. The Hall–Kier alpha value is -1.25. The first kappa shape index (κ1) is 19.1. The second-order valence-electron chi connectivity index (χ2n) is 6.75. The number of hydrogen-bond acceptors (Lipinski definition) is 2. The van der Waals surface area contributed by atoms with Crippen LogP contribution in [0.5, 0.6) is 0 Å². The second kappa shape index (κ2) is 5.64. The third kappa shape index (κ3) is 3.02. The zero-order chi connectivity index (χ0) is 18.6. The molecule has 137 valence electrons. The van der Waals surface area contributed by atoms with Crippen molar-refractivity contribution in [1.29, 1.82) is 0 Å². The van der Waals surface area contributed by atoms with Gasteiger partial charge in [0.15, 0.2) is 0 Å². The van der Waals surface area contributed by atoms with Crippen molar-refractivity contribution in [2.45, 2.75) is 50.6 Å². The highest BCUT2D eigenvalue weighted by atomic mass is 19.4. The number of carboxylic acid groups (broad SMARTS) is 1. The van der Waals surface area contributed by atoms with Gasteiger partial charge in [-0.1, -0.05) is 6.08 Å². The van der Waals surface area contributed by atoms with Crippen molar-refractivity contribution in [3.05, 3.63) is 18.1 Å². The lowest BCUT2D eigenvalue weighted by Gasteiger charge is -2.40. The number of carbonyl (C=O) groups is 1. The predicted octanol–water partition coefficient (Wildman–Crippen LogP) is 3.88. The Kier molecular flexibility index (Phi) is 4.48. The highest BCUT2D eigenvalue weighted by Crippen LogP contribution is 2.62. The van der Waals surface area contributed by atoms with Crippen LogP contribution in [0.15, 0.2) is 11.6 Å². The van der Waals surface area contributed by atoms with Crippen molar-refractivity contribution >= 4 is 5.97 Å². The van der Waals surface area contributed by atoms with E-state index in [1.54, 1.807) is 6.42 Å². The number of carboxylic acids is 1. The molecule has 0 aromatic rings. The molecule has 0 spiro atoms. The molecule has 0 aromatic heterocycles. The van der Waals surface area contributed by atoms with E-state index in [4.69, 9.17) is 5.11 Å².